The molecule has 0 bridgehead atoms. The Morgan fingerprint density at radius 2 is 1.23 bits per heavy atom. The Bertz CT molecular complexity index is 920. The van der Waals surface area contributed by atoms with E-state index >= 15 is 0 Å². The van der Waals surface area contributed by atoms with Crippen molar-refractivity contribution < 1.29 is 27.4 Å². The molecule has 1 N–H and O–H groups in total. The molecule has 2 atom stereocenters. The monoisotopic (exact) mass is 434 g/mol. The van der Waals surface area contributed by atoms with E-state index in [0.29, 0.717) is 0 Å². The first kappa shape index (κ1) is 22.3. The van der Waals surface area contributed by atoms with E-state index in [-0.39, 0.29) is 23.5 Å². The predicted molar refractivity (Wildman–Crippen MR) is 111 cm³/mol. The van der Waals surface area contributed by atoms with Crippen molar-refractivity contribution in [2.75, 3.05) is 0 Å². The van der Waals surface area contributed by atoms with Gasteiger partial charge in [-0.25, -0.2) is 0 Å². The Kier molecular flexibility index (Phi) is 7.14. The highest BCUT2D eigenvalue weighted by atomic mass is 31.2. The predicted octanol–water partition coefficient (Wildman–Crippen LogP) is 4.86. The third kappa shape index (κ3) is 5.39. The molecule has 0 aromatic heterocycles. The largest absolute Gasteiger partial charge is 0.416 e. The van der Waals surface area contributed by atoms with E-state index in [0.717, 1.165) is 5.56 Å². The van der Waals surface area contributed by atoms with Crippen LogP contribution in [0.4, 0.5) is 13.2 Å². The lowest BCUT2D eigenvalue weighted by atomic mass is 10.0. The third-order valence-corrected chi connectivity index (χ3v) is 7.25. The molecule has 0 aliphatic heterocycles. The normalized spacial score (nSPS) is 14.3. The Hall–Kier alpha value is -2.40. The molecular formula is C23H22F3O3P. The van der Waals surface area contributed by atoms with E-state index in [2.05, 4.69) is 0 Å². The number of alkyl halides is 3. The van der Waals surface area contributed by atoms with E-state index in [1.807, 2.05) is 0 Å². The van der Waals surface area contributed by atoms with Gasteiger partial charge in [0.15, 0.2) is 6.10 Å². The zero-order valence-electron chi connectivity index (χ0n) is 16.1. The lowest BCUT2D eigenvalue weighted by molar-refractivity contribution is -0.226. The van der Waals surface area contributed by atoms with Crippen LogP contribution in [-0.2, 0) is 15.5 Å². The van der Waals surface area contributed by atoms with Gasteiger partial charge in [-0.2, -0.15) is 13.2 Å². The van der Waals surface area contributed by atoms with Crippen LogP contribution in [0, 0.1) is 0 Å². The lowest BCUT2D eigenvalue weighted by Gasteiger charge is -2.30. The van der Waals surface area contributed by atoms with Gasteiger partial charge < -0.3 is 9.63 Å². The van der Waals surface area contributed by atoms with Gasteiger partial charge in [-0.1, -0.05) is 66.7 Å². The number of benzene rings is 3. The first-order valence-electron chi connectivity index (χ1n) is 9.49. The second kappa shape index (κ2) is 9.61. The summed E-state index contributed by atoms with van der Waals surface area (Å²) >= 11 is 0. The zero-order valence-corrected chi connectivity index (χ0v) is 17.0. The van der Waals surface area contributed by atoms with E-state index in [1.165, 1.54) is 0 Å². The van der Waals surface area contributed by atoms with Crippen LogP contribution in [0.2, 0.25) is 0 Å². The highest BCUT2D eigenvalue weighted by molar-refractivity contribution is 7.74. The summed E-state index contributed by atoms with van der Waals surface area (Å²) < 4.78 is 59.8. The molecule has 0 aliphatic rings. The summed E-state index contributed by atoms with van der Waals surface area (Å²) in [5.41, 5.74) is 0.801. The molecule has 0 saturated heterocycles. The molecule has 7 heteroatoms. The van der Waals surface area contributed by atoms with E-state index in [1.54, 1.807) is 91.0 Å². The summed E-state index contributed by atoms with van der Waals surface area (Å²) in [5, 5.41) is 10.6. The van der Waals surface area contributed by atoms with Gasteiger partial charge in [0.05, 0.1) is 0 Å². The Morgan fingerprint density at radius 3 is 1.67 bits per heavy atom. The molecule has 0 heterocycles. The maximum Gasteiger partial charge on any atom is 0.416 e. The highest BCUT2D eigenvalue weighted by Crippen LogP contribution is 2.48. The summed E-state index contributed by atoms with van der Waals surface area (Å²) in [6.07, 6.45) is -9.27. The van der Waals surface area contributed by atoms with E-state index in [9.17, 15) is 22.8 Å². The molecule has 0 aliphatic carbocycles. The van der Waals surface area contributed by atoms with Crippen molar-refractivity contribution in [1.82, 2.24) is 0 Å². The molecular weight excluding hydrogens is 412 g/mol. The fraction of sp³-hybridized carbons (Fsp3) is 0.217. The minimum Gasteiger partial charge on any atom is -0.381 e. The fourth-order valence-corrected chi connectivity index (χ4v) is 5.42. The number of rotatable bonds is 8. The first-order chi connectivity index (χ1) is 14.3. The number of aliphatic hydroxyl groups excluding tert-OH is 1. The van der Waals surface area contributed by atoms with Gasteiger partial charge in [0.25, 0.3) is 7.37 Å². The van der Waals surface area contributed by atoms with Crippen LogP contribution < -0.4 is 10.6 Å². The summed E-state index contributed by atoms with van der Waals surface area (Å²) in [6, 6.07) is 25.2. The van der Waals surface area contributed by atoms with Gasteiger partial charge in [-0.3, -0.25) is 4.57 Å². The second-order valence-corrected chi connectivity index (χ2v) is 9.22. The average molecular weight is 434 g/mol. The van der Waals surface area contributed by atoms with Gasteiger partial charge in [0, 0.05) is 10.6 Å². The summed E-state index contributed by atoms with van der Waals surface area (Å²) in [4.78, 5) is 0. The van der Waals surface area contributed by atoms with Gasteiger partial charge in [-0.05, 0) is 42.7 Å². The third-order valence-electron chi connectivity index (χ3n) is 4.72. The van der Waals surface area contributed by atoms with Crippen LogP contribution in [0.15, 0.2) is 91.0 Å². The molecule has 0 spiro atoms. The standard InChI is InChI=1S/C23H22F3O3P/c24-23(25,26)22(27)21(17-16-18-10-4-1-5-11-18)29-30(28,19-12-6-2-7-13-19)20-14-8-3-9-15-20/h1-15,21-22,27H,16-17H2. The average Bonchev–Trinajstić information content (AvgIpc) is 2.77. The number of halogens is 3. The molecule has 158 valence electrons. The molecule has 0 radical (unpaired) electrons. The summed E-state index contributed by atoms with van der Waals surface area (Å²) in [7, 11) is -3.88. The first-order valence-corrected chi connectivity index (χ1v) is 11.1. The van der Waals surface area contributed by atoms with Gasteiger partial charge in [0.1, 0.15) is 6.10 Å². The van der Waals surface area contributed by atoms with Crippen molar-refractivity contribution in [2.24, 2.45) is 0 Å². The van der Waals surface area contributed by atoms with Crippen LogP contribution in [0.5, 0.6) is 0 Å². The SMILES string of the molecule is O=P(OC(CCc1ccccc1)C(O)C(F)(F)F)(c1ccccc1)c1ccccc1. The van der Waals surface area contributed by atoms with Crippen molar-refractivity contribution in [2.45, 2.75) is 31.2 Å². The maximum absolute atomic E-state index is 14.0. The number of aliphatic hydroxyl groups is 1. The van der Waals surface area contributed by atoms with Gasteiger partial charge in [0.2, 0.25) is 0 Å². The lowest BCUT2D eigenvalue weighted by Crippen LogP contribution is -2.42. The van der Waals surface area contributed by atoms with Gasteiger partial charge >= 0.3 is 6.18 Å². The number of hydrogen-bond acceptors (Lipinski definition) is 3. The fourth-order valence-electron chi connectivity index (χ4n) is 3.14. The van der Waals surface area contributed by atoms with E-state index < -0.39 is 25.8 Å². The molecule has 3 nitrogen and oxygen atoms in total. The second-order valence-electron chi connectivity index (χ2n) is 6.88. The molecule has 30 heavy (non-hydrogen) atoms. The molecule has 0 fully saturated rings. The number of aryl methyl sites for hydroxylation is 1. The maximum atomic E-state index is 14.0. The smallest absolute Gasteiger partial charge is 0.381 e. The Morgan fingerprint density at radius 1 is 0.800 bits per heavy atom. The highest BCUT2D eigenvalue weighted by Gasteiger charge is 2.46. The summed E-state index contributed by atoms with van der Waals surface area (Å²) in [5.74, 6) is 0. The Balaban J connectivity index is 1.97. The minimum absolute atomic E-state index is 0.144. The molecule has 3 aromatic rings. The van der Waals surface area contributed by atoms with Crippen LogP contribution >= 0.6 is 7.37 Å². The van der Waals surface area contributed by atoms with Crippen LogP contribution in [-0.4, -0.2) is 23.5 Å². The Labute approximate surface area is 173 Å². The van der Waals surface area contributed by atoms with Crippen molar-refractivity contribution in [3.05, 3.63) is 96.6 Å². The number of hydrogen-bond donors (Lipinski definition) is 1. The molecule has 0 amide bonds. The van der Waals surface area contributed by atoms with E-state index in [4.69, 9.17) is 4.52 Å². The van der Waals surface area contributed by atoms with Crippen molar-refractivity contribution >= 4 is 18.0 Å². The molecule has 3 aromatic carbocycles. The van der Waals surface area contributed by atoms with Crippen molar-refractivity contribution in [3.63, 3.8) is 0 Å². The molecule has 0 saturated carbocycles. The van der Waals surface area contributed by atoms with Crippen molar-refractivity contribution in [3.8, 4) is 0 Å². The molecule has 2 unspecified atom stereocenters. The van der Waals surface area contributed by atoms with Gasteiger partial charge in [-0.15, -0.1) is 0 Å². The van der Waals surface area contributed by atoms with Crippen molar-refractivity contribution in [1.29, 1.82) is 0 Å². The summed E-state index contributed by atoms with van der Waals surface area (Å²) in [6.45, 7) is 0. The van der Waals surface area contributed by atoms with Crippen LogP contribution in [0.3, 0.4) is 0 Å². The quantitative estimate of drug-likeness (QED) is 0.516. The topological polar surface area (TPSA) is 46.5 Å². The minimum atomic E-state index is -4.90. The molecule has 3 rings (SSSR count). The zero-order chi connectivity index (χ0) is 21.6. The van der Waals surface area contributed by atoms with Crippen LogP contribution in [0.25, 0.3) is 0 Å². The van der Waals surface area contributed by atoms with Crippen LogP contribution in [0.1, 0.15) is 12.0 Å².